The summed E-state index contributed by atoms with van der Waals surface area (Å²) in [6.07, 6.45) is 0. The van der Waals surface area contributed by atoms with E-state index in [0.29, 0.717) is 0 Å². The number of nitro groups is 1. The minimum atomic E-state index is -0.862. The molecule has 1 aromatic carbocycles. The molecule has 0 amide bonds. The number of carbonyl (C=O) groups excluding carboxylic acids is 2. The molecule has 0 radical (unpaired) electrons. The molecule has 1 rings (SSSR count). The normalized spacial score (nSPS) is 9.86. The highest BCUT2D eigenvalue weighted by molar-refractivity contribution is 5.81. The number of hydrogen-bond acceptors (Lipinski definition) is 7. The zero-order chi connectivity index (χ0) is 16.0. The van der Waals surface area contributed by atoms with Gasteiger partial charge in [-0.2, -0.15) is 0 Å². The van der Waals surface area contributed by atoms with Gasteiger partial charge in [-0.1, -0.05) is 0 Å². The maximum Gasteiger partial charge on any atom is 0.325 e. The molecule has 8 nitrogen and oxygen atoms in total. The fourth-order valence-corrected chi connectivity index (χ4v) is 1.53. The molecule has 9 heteroatoms. The van der Waals surface area contributed by atoms with Gasteiger partial charge in [0.1, 0.15) is 18.9 Å². The van der Waals surface area contributed by atoms with Crippen LogP contribution < -0.4 is 4.90 Å². The molecule has 21 heavy (non-hydrogen) atoms. The Bertz CT molecular complexity index is 545. The van der Waals surface area contributed by atoms with E-state index in [-0.39, 0.29) is 18.8 Å². The molecule has 0 saturated carbocycles. The first kappa shape index (κ1) is 16.3. The van der Waals surface area contributed by atoms with Crippen LogP contribution in [0.4, 0.5) is 15.8 Å². The Morgan fingerprint density at radius 3 is 2.14 bits per heavy atom. The zero-order valence-electron chi connectivity index (χ0n) is 11.4. The van der Waals surface area contributed by atoms with Crippen LogP contribution in [0.25, 0.3) is 0 Å². The van der Waals surface area contributed by atoms with Gasteiger partial charge in [0, 0.05) is 11.8 Å². The van der Waals surface area contributed by atoms with Crippen molar-refractivity contribution in [2.24, 2.45) is 0 Å². The number of carbonyl (C=O) groups is 2. The van der Waals surface area contributed by atoms with E-state index in [9.17, 15) is 24.1 Å². The van der Waals surface area contributed by atoms with Crippen LogP contribution >= 0.6 is 0 Å². The SMILES string of the molecule is COC(=O)CN(CC(=O)OC)c1cc(F)cc([N+](=O)[O-])c1. The quantitative estimate of drug-likeness (QED) is 0.437. The highest BCUT2D eigenvalue weighted by Gasteiger charge is 2.19. The van der Waals surface area contributed by atoms with E-state index in [1.54, 1.807) is 0 Å². The minimum absolute atomic E-state index is 0.00231. The van der Waals surface area contributed by atoms with Gasteiger partial charge in [0.15, 0.2) is 0 Å². The van der Waals surface area contributed by atoms with E-state index in [4.69, 9.17) is 0 Å². The third-order valence-electron chi connectivity index (χ3n) is 2.54. The Labute approximate surface area is 119 Å². The highest BCUT2D eigenvalue weighted by Crippen LogP contribution is 2.23. The van der Waals surface area contributed by atoms with E-state index < -0.39 is 28.4 Å². The molecule has 0 atom stereocenters. The van der Waals surface area contributed by atoms with Gasteiger partial charge in [-0.25, -0.2) is 4.39 Å². The van der Waals surface area contributed by atoms with E-state index in [0.717, 1.165) is 37.3 Å². The maximum absolute atomic E-state index is 13.4. The Hall–Kier alpha value is -2.71. The summed E-state index contributed by atoms with van der Waals surface area (Å²) in [7, 11) is 2.29. The summed E-state index contributed by atoms with van der Waals surface area (Å²) in [6, 6.07) is 2.76. The molecule has 0 aliphatic heterocycles. The van der Waals surface area contributed by atoms with Crippen molar-refractivity contribution in [1.82, 2.24) is 0 Å². The summed E-state index contributed by atoms with van der Waals surface area (Å²) in [5, 5.41) is 10.7. The molecule has 0 fully saturated rings. The summed E-state index contributed by atoms with van der Waals surface area (Å²) in [4.78, 5) is 33.7. The van der Waals surface area contributed by atoms with Crippen molar-refractivity contribution in [2.45, 2.75) is 0 Å². The molecule has 0 aliphatic carbocycles. The Kier molecular flexibility index (Phi) is 5.58. The van der Waals surface area contributed by atoms with Crippen molar-refractivity contribution < 1.29 is 28.4 Å². The Morgan fingerprint density at radius 2 is 1.71 bits per heavy atom. The summed E-state index contributed by atoms with van der Waals surface area (Å²) in [5.74, 6) is -2.24. The smallest absolute Gasteiger partial charge is 0.325 e. The summed E-state index contributed by atoms with van der Waals surface area (Å²) >= 11 is 0. The number of hydrogen-bond donors (Lipinski definition) is 0. The molecule has 114 valence electrons. The van der Waals surface area contributed by atoms with Crippen molar-refractivity contribution >= 4 is 23.3 Å². The van der Waals surface area contributed by atoms with Crippen LogP contribution in [0.3, 0.4) is 0 Å². The molecule has 1 aromatic rings. The maximum atomic E-state index is 13.4. The van der Waals surface area contributed by atoms with Crippen LogP contribution in [0, 0.1) is 15.9 Å². The number of non-ortho nitro benzene ring substituents is 1. The molecular formula is C12H13FN2O6. The second-order valence-electron chi connectivity index (χ2n) is 3.93. The molecule has 0 unspecified atom stereocenters. The molecular weight excluding hydrogens is 287 g/mol. The second-order valence-corrected chi connectivity index (χ2v) is 3.93. The van der Waals surface area contributed by atoms with Crippen molar-refractivity contribution in [3.05, 3.63) is 34.1 Å². The lowest BCUT2D eigenvalue weighted by atomic mass is 10.2. The predicted octanol–water partition coefficient (Wildman–Crippen LogP) is 0.886. The molecule has 0 spiro atoms. The van der Waals surface area contributed by atoms with Crippen molar-refractivity contribution in [3.63, 3.8) is 0 Å². The molecule has 0 aromatic heterocycles. The average molecular weight is 300 g/mol. The van der Waals surface area contributed by atoms with Crippen molar-refractivity contribution in [2.75, 3.05) is 32.2 Å². The monoisotopic (exact) mass is 300 g/mol. The first-order valence-corrected chi connectivity index (χ1v) is 5.71. The first-order valence-electron chi connectivity index (χ1n) is 5.71. The van der Waals surface area contributed by atoms with Crippen LogP contribution in [-0.4, -0.2) is 44.2 Å². The number of rotatable bonds is 6. The molecule has 0 N–H and O–H groups in total. The van der Waals surface area contributed by atoms with Crippen molar-refractivity contribution in [1.29, 1.82) is 0 Å². The van der Waals surface area contributed by atoms with Gasteiger partial charge in [0.05, 0.1) is 25.2 Å². The molecule has 0 bridgehead atoms. The molecule has 0 saturated heterocycles. The lowest BCUT2D eigenvalue weighted by Gasteiger charge is -2.22. The molecule has 0 aliphatic rings. The largest absolute Gasteiger partial charge is 0.468 e. The lowest BCUT2D eigenvalue weighted by molar-refractivity contribution is -0.385. The minimum Gasteiger partial charge on any atom is -0.468 e. The average Bonchev–Trinajstić information content (AvgIpc) is 2.45. The van der Waals surface area contributed by atoms with Gasteiger partial charge in [0.25, 0.3) is 5.69 Å². The zero-order valence-corrected chi connectivity index (χ0v) is 11.4. The summed E-state index contributed by atoms with van der Waals surface area (Å²) in [5.41, 5.74) is -0.498. The topological polar surface area (TPSA) is 99.0 Å². The van der Waals surface area contributed by atoms with Gasteiger partial charge in [-0.3, -0.25) is 19.7 Å². The lowest BCUT2D eigenvalue weighted by Crippen LogP contribution is -2.35. The summed E-state index contributed by atoms with van der Waals surface area (Å²) in [6.45, 7) is -0.765. The third kappa shape index (κ3) is 4.71. The number of nitrogens with zero attached hydrogens (tertiary/aromatic N) is 2. The first-order chi connectivity index (χ1) is 9.87. The summed E-state index contributed by atoms with van der Waals surface area (Å²) < 4.78 is 22.4. The number of nitro benzene ring substituents is 1. The number of anilines is 1. The number of ether oxygens (including phenoxy) is 2. The Balaban J connectivity index is 3.14. The van der Waals surface area contributed by atoms with Crippen molar-refractivity contribution in [3.8, 4) is 0 Å². The van der Waals surface area contributed by atoms with E-state index in [1.165, 1.54) is 0 Å². The second kappa shape index (κ2) is 7.17. The van der Waals surface area contributed by atoms with Crippen LogP contribution in [0.1, 0.15) is 0 Å². The van der Waals surface area contributed by atoms with Gasteiger partial charge in [0.2, 0.25) is 0 Å². The van der Waals surface area contributed by atoms with Crippen LogP contribution in [0.2, 0.25) is 0 Å². The van der Waals surface area contributed by atoms with Gasteiger partial charge in [-0.05, 0) is 6.07 Å². The van der Waals surface area contributed by atoms with E-state index >= 15 is 0 Å². The van der Waals surface area contributed by atoms with Crippen LogP contribution in [-0.2, 0) is 19.1 Å². The highest BCUT2D eigenvalue weighted by atomic mass is 19.1. The Morgan fingerprint density at radius 1 is 1.19 bits per heavy atom. The van der Waals surface area contributed by atoms with Gasteiger partial charge >= 0.3 is 11.9 Å². The van der Waals surface area contributed by atoms with Crippen LogP contribution in [0.15, 0.2) is 18.2 Å². The standard InChI is InChI=1S/C12H13FN2O6/c1-20-11(16)6-14(7-12(17)21-2)9-3-8(13)4-10(5-9)15(18)19/h3-5H,6-7H2,1-2H3. The third-order valence-corrected chi connectivity index (χ3v) is 2.54. The van der Waals surface area contributed by atoms with E-state index in [1.807, 2.05) is 0 Å². The fraction of sp³-hybridized carbons (Fsp3) is 0.333. The fourth-order valence-electron chi connectivity index (χ4n) is 1.53. The number of esters is 2. The van der Waals surface area contributed by atoms with E-state index in [2.05, 4.69) is 9.47 Å². The van der Waals surface area contributed by atoms with Gasteiger partial charge < -0.3 is 14.4 Å². The predicted molar refractivity (Wildman–Crippen MR) is 69.3 cm³/mol. The van der Waals surface area contributed by atoms with Crippen LogP contribution in [0.5, 0.6) is 0 Å². The number of methoxy groups -OCH3 is 2. The molecule has 0 heterocycles. The number of benzene rings is 1. The number of halogens is 1. The van der Waals surface area contributed by atoms with Gasteiger partial charge in [-0.15, -0.1) is 0 Å².